The lowest BCUT2D eigenvalue weighted by Gasteiger charge is -2.39. The molecule has 3 amide bonds. The van der Waals surface area contributed by atoms with Crippen molar-refractivity contribution in [2.24, 2.45) is 0 Å². The molecule has 7 nitrogen and oxygen atoms in total. The standard InChI is InChI=1S/C22H30N4O3/c1-3-19(27)23-16-17-6-8-18(9-7-17)20(28)24-22(10-4-5-11-22)21(29)26-14-12-25(2)13-15-26/h3,6-9H,1,4-5,10-16H2,2H3,(H,23,27)(H,24,28). The van der Waals surface area contributed by atoms with Crippen LogP contribution >= 0.6 is 0 Å². The molecule has 3 rings (SSSR count). The van der Waals surface area contributed by atoms with Gasteiger partial charge in [0.2, 0.25) is 11.8 Å². The molecule has 2 aliphatic rings. The Morgan fingerprint density at radius 3 is 2.28 bits per heavy atom. The summed E-state index contributed by atoms with van der Waals surface area (Å²) in [5.41, 5.74) is 0.617. The number of hydrogen-bond acceptors (Lipinski definition) is 4. The fourth-order valence-corrected chi connectivity index (χ4v) is 4.01. The van der Waals surface area contributed by atoms with Gasteiger partial charge < -0.3 is 20.4 Å². The largest absolute Gasteiger partial charge is 0.348 e. The molecule has 1 saturated carbocycles. The highest BCUT2D eigenvalue weighted by Crippen LogP contribution is 2.32. The summed E-state index contributed by atoms with van der Waals surface area (Å²) in [6.45, 7) is 6.93. The normalized spacial score (nSPS) is 18.9. The van der Waals surface area contributed by atoms with E-state index in [2.05, 4.69) is 29.2 Å². The van der Waals surface area contributed by atoms with E-state index in [1.165, 1.54) is 6.08 Å². The average molecular weight is 399 g/mol. The Balaban J connectivity index is 1.65. The van der Waals surface area contributed by atoms with Crippen LogP contribution in [-0.2, 0) is 16.1 Å². The summed E-state index contributed by atoms with van der Waals surface area (Å²) in [6.07, 6.45) is 4.49. The first-order valence-corrected chi connectivity index (χ1v) is 10.2. The highest BCUT2D eigenvalue weighted by molar-refractivity contribution is 5.99. The maximum absolute atomic E-state index is 13.3. The Morgan fingerprint density at radius 2 is 1.69 bits per heavy atom. The van der Waals surface area contributed by atoms with Gasteiger partial charge in [-0.25, -0.2) is 0 Å². The van der Waals surface area contributed by atoms with Gasteiger partial charge in [-0.05, 0) is 43.7 Å². The first-order chi connectivity index (χ1) is 13.9. The summed E-state index contributed by atoms with van der Waals surface area (Å²) in [4.78, 5) is 41.5. The molecule has 1 aromatic rings. The molecule has 1 aliphatic carbocycles. The van der Waals surface area contributed by atoms with Crippen molar-refractivity contribution < 1.29 is 14.4 Å². The zero-order valence-corrected chi connectivity index (χ0v) is 17.1. The van der Waals surface area contributed by atoms with Gasteiger partial charge >= 0.3 is 0 Å². The molecule has 1 aromatic carbocycles. The lowest BCUT2D eigenvalue weighted by Crippen LogP contribution is -2.61. The van der Waals surface area contributed by atoms with Crippen molar-refractivity contribution in [3.63, 3.8) is 0 Å². The molecule has 1 saturated heterocycles. The van der Waals surface area contributed by atoms with Crippen molar-refractivity contribution in [3.05, 3.63) is 48.0 Å². The zero-order chi connectivity index (χ0) is 20.9. The SMILES string of the molecule is C=CC(=O)NCc1ccc(C(=O)NC2(C(=O)N3CCN(C)CC3)CCCC2)cc1. The molecular weight excluding hydrogens is 368 g/mol. The molecule has 2 fully saturated rings. The van der Waals surface area contributed by atoms with Crippen molar-refractivity contribution in [1.82, 2.24) is 20.4 Å². The Morgan fingerprint density at radius 1 is 1.07 bits per heavy atom. The first kappa shape index (κ1) is 21.0. The van der Waals surface area contributed by atoms with E-state index < -0.39 is 5.54 Å². The van der Waals surface area contributed by atoms with Crippen LogP contribution in [0.3, 0.4) is 0 Å². The Hall–Kier alpha value is -2.67. The van der Waals surface area contributed by atoms with Gasteiger partial charge in [-0.3, -0.25) is 14.4 Å². The second-order valence-electron chi connectivity index (χ2n) is 7.96. The summed E-state index contributed by atoms with van der Waals surface area (Å²) in [7, 11) is 2.06. The molecule has 2 N–H and O–H groups in total. The third-order valence-corrected chi connectivity index (χ3v) is 5.88. The lowest BCUT2D eigenvalue weighted by molar-refractivity contribution is -0.139. The number of rotatable bonds is 6. The van der Waals surface area contributed by atoms with Crippen molar-refractivity contribution in [1.29, 1.82) is 0 Å². The quantitative estimate of drug-likeness (QED) is 0.708. The molecule has 29 heavy (non-hydrogen) atoms. The van der Waals surface area contributed by atoms with Crippen molar-refractivity contribution >= 4 is 17.7 Å². The number of nitrogens with one attached hydrogen (secondary N) is 2. The van der Waals surface area contributed by atoms with Crippen LogP contribution in [0.2, 0.25) is 0 Å². The monoisotopic (exact) mass is 398 g/mol. The minimum atomic E-state index is -0.788. The highest BCUT2D eigenvalue weighted by atomic mass is 16.2. The van der Waals surface area contributed by atoms with Crippen molar-refractivity contribution in [2.75, 3.05) is 33.2 Å². The van der Waals surface area contributed by atoms with Crippen LogP contribution in [0.1, 0.15) is 41.6 Å². The van der Waals surface area contributed by atoms with E-state index in [4.69, 9.17) is 0 Å². The third kappa shape index (κ3) is 5.03. The van der Waals surface area contributed by atoms with E-state index in [1.54, 1.807) is 12.1 Å². The molecular formula is C22H30N4O3. The molecule has 1 heterocycles. The topological polar surface area (TPSA) is 81.8 Å². The average Bonchev–Trinajstić information content (AvgIpc) is 3.22. The molecule has 0 bridgehead atoms. The minimum Gasteiger partial charge on any atom is -0.348 e. The van der Waals surface area contributed by atoms with Crippen LogP contribution in [0.5, 0.6) is 0 Å². The van der Waals surface area contributed by atoms with Crippen molar-refractivity contribution in [3.8, 4) is 0 Å². The second-order valence-corrected chi connectivity index (χ2v) is 7.96. The van der Waals surface area contributed by atoms with Gasteiger partial charge in [0.1, 0.15) is 5.54 Å². The summed E-state index contributed by atoms with van der Waals surface area (Å²) in [5, 5.41) is 5.77. The molecule has 0 unspecified atom stereocenters. The summed E-state index contributed by atoms with van der Waals surface area (Å²) >= 11 is 0. The van der Waals surface area contributed by atoms with Gasteiger partial charge in [0.15, 0.2) is 0 Å². The zero-order valence-electron chi connectivity index (χ0n) is 17.1. The van der Waals surface area contributed by atoms with E-state index in [0.29, 0.717) is 38.0 Å². The predicted octanol–water partition coefficient (Wildman–Crippen LogP) is 1.31. The Kier molecular flexibility index (Phi) is 6.69. The maximum atomic E-state index is 13.3. The summed E-state index contributed by atoms with van der Waals surface area (Å²) in [6, 6.07) is 7.07. The highest BCUT2D eigenvalue weighted by Gasteiger charge is 2.45. The third-order valence-electron chi connectivity index (χ3n) is 5.88. The predicted molar refractivity (Wildman–Crippen MR) is 111 cm³/mol. The molecule has 0 radical (unpaired) electrons. The minimum absolute atomic E-state index is 0.0557. The van der Waals surface area contributed by atoms with E-state index in [0.717, 1.165) is 31.5 Å². The number of benzene rings is 1. The number of carbonyl (C=O) groups excluding carboxylic acids is 3. The molecule has 156 valence electrons. The van der Waals surface area contributed by atoms with Gasteiger partial charge in [-0.1, -0.05) is 31.6 Å². The van der Waals surface area contributed by atoms with Gasteiger partial charge in [0.05, 0.1) is 0 Å². The smallest absolute Gasteiger partial charge is 0.252 e. The molecule has 7 heteroatoms. The van der Waals surface area contributed by atoms with E-state index in [9.17, 15) is 14.4 Å². The van der Waals surface area contributed by atoms with Crippen LogP contribution in [0, 0.1) is 0 Å². The fraction of sp³-hybridized carbons (Fsp3) is 0.500. The molecule has 0 atom stereocenters. The molecule has 1 aliphatic heterocycles. The Bertz CT molecular complexity index is 761. The van der Waals surface area contributed by atoms with Gasteiger partial charge in [0.25, 0.3) is 5.91 Å². The lowest BCUT2D eigenvalue weighted by atomic mass is 9.94. The van der Waals surface area contributed by atoms with E-state index in [1.807, 2.05) is 17.0 Å². The second kappa shape index (κ2) is 9.22. The maximum Gasteiger partial charge on any atom is 0.252 e. The summed E-state index contributed by atoms with van der Waals surface area (Å²) < 4.78 is 0. The van der Waals surface area contributed by atoms with Crippen LogP contribution in [0.15, 0.2) is 36.9 Å². The van der Waals surface area contributed by atoms with Crippen LogP contribution in [-0.4, -0.2) is 66.3 Å². The first-order valence-electron chi connectivity index (χ1n) is 10.2. The van der Waals surface area contributed by atoms with Crippen LogP contribution in [0.25, 0.3) is 0 Å². The van der Waals surface area contributed by atoms with E-state index in [-0.39, 0.29) is 17.7 Å². The number of likely N-dealkylation sites (N-methyl/N-ethyl adjacent to an activating group) is 1. The van der Waals surface area contributed by atoms with Gasteiger partial charge in [0, 0.05) is 38.3 Å². The molecule has 0 spiro atoms. The number of hydrogen-bond donors (Lipinski definition) is 2. The van der Waals surface area contributed by atoms with Crippen LogP contribution in [0.4, 0.5) is 0 Å². The number of amides is 3. The Labute approximate surface area is 172 Å². The molecule has 0 aromatic heterocycles. The summed E-state index contributed by atoms with van der Waals surface area (Å²) in [5.74, 6) is -0.409. The fourth-order valence-electron chi connectivity index (χ4n) is 4.01. The van der Waals surface area contributed by atoms with Crippen molar-refractivity contribution in [2.45, 2.75) is 37.8 Å². The van der Waals surface area contributed by atoms with Gasteiger partial charge in [-0.2, -0.15) is 0 Å². The van der Waals surface area contributed by atoms with Gasteiger partial charge in [-0.15, -0.1) is 0 Å². The van der Waals surface area contributed by atoms with Crippen LogP contribution < -0.4 is 10.6 Å². The number of carbonyl (C=O) groups is 3. The number of piperazine rings is 1. The van der Waals surface area contributed by atoms with E-state index >= 15 is 0 Å². The number of nitrogens with zero attached hydrogens (tertiary/aromatic N) is 2.